The zero-order valence-corrected chi connectivity index (χ0v) is 25.5. The summed E-state index contributed by atoms with van der Waals surface area (Å²) in [5.41, 5.74) is 0.166. The van der Waals surface area contributed by atoms with Crippen LogP contribution < -0.4 is 14.4 Å². The van der Waals surface area contributed by atoms with Crippen LogP contribution in [0.15, 0.2) is 30.7 Å². The van der Waals surface area contributed by atoms with Gasteiger partial charge in [0, 0.05) is 50.7 Å². The molecule has 226 valence electrons. The first-order chi connectivity index (χ1) is 19.4. The standard InChI is InChI=1S/C29H43FN6O4S/c1-6-36(20(2)3)29(37)25-13-23(30)9-12-26(25)40-27-14-31-19-32-28(27)35-17-22(18-35)16-34(4)15-21-7-10-24(11-8-21)33-41(5,38)39/h9,12-14,19-22,24,33H,6-8,10-11,15-18H2,1-5H3. The summed E-state index contributed by atoms with van der Waals surface area (Å²) in [6, 6.07) is 4.00. The number of carbonyl (C=O) groups excluding carboxylic acids is 1. The summed E-state index contributed by atoms with van der Waals surface area (Å²) < 4.78 is 46.1. The van der Waals surface area contributed by atoms with Gasteiger partial charge in [0.2, 0.25) is 10.0 Å². The molecule has 1 aliphatic carbocycles. The Morgan fingerprint density at radius 3 is 2.46 bits per heavy atom. The fourth-order valence-corrected chi connectivity index (χ4v) is 6.82. The van der Waals surface area contributed by atoms with Gasteiger partial charge < -0.3 is 19.4 Å². The van der Waals surface area contributed by atoms with Crippen LogP contribution in [0.25, 0.3) is 0 Å². The number of hydrogen-bond donors (Lipinski definition) is 1. The number of aromatic nitrogens is 2. The Bertz CT molecular complexity index is 1300. The van der Waals surface area contributed by atoms with E-state index in [4.69, 9.17) is 4.74 Å². The van der Waals surface area contributed by atoms with Crippen LogP contribution in [0.1, 0.15) is 56.8 Å². The lowest BCUT2D eigenvalue weighted by atomic mass is 9.86. The van der Waals surface area contributed by atoms with E-state index in [0.29, 0.717) is 29.9 Å². The van der Waals surface area contributed by atoms with Gasteiger partial charge in [-0.15, -0.1) is 0 Å². The summed E-state index contributed by atoms with van der Waals surface area (Å²) >= 11 is 0. The van der Waals surface area contributed by atoms with Gasteiger partial charge in [0.25, 0.3) is 5.91 Å². The average Bonchev–Trinajstić information content (AvgIpc) is 2.88. The smallest absolute Gasteiger partial charge is 0.257 e. The minimum absolute atomic E-state index is 0.0395. The molecule has 1 aliphatic heterocycles. The van der Waals surface area contributed by atoms with Gasteiger partial charge in [-0.3, -0.25) is 4.79 Å². The van der Waals surface area contributed by atoms with Crippen molar-refractivity contribution in [3.05, 3.63) is 42.1 Å². The second-order valence-corrected chi connectivity index (χ2v) is 13.5. The quantitative estimate of drug-likeness (QED) is 0.398. The molecule has 1 N–H and O–H groups in total. The van der Waals surface area contributed by atoms with Crippen molar-refractivity contribution in [3.8, 4) is 11.5 Å². The predicted molar refractivity (Wildman–Crippen MR) is 157 cm³/mol. The molecule has 2 aromatic rings. The lowest BCUT2D eigenvalue weighted by molar-refractivity contribution is 0.0713. The van der Waals surface area contributed by atoms with Crippen LogP contribution in [0, 0.1) is 17.7 Å². The highest BCUT2D eigenvalue weighted by Gasteiger charge is 2.32. The first-order valence-corrected chi connectivity index (χ1v) is 16.3. The third-order valence-corrected chi connectivity index (χ3v) is 8.66. The minimum atomic E-state index is -3.16. The number of rotatable bonds is 12. The van der Waals surface area contributed by atoms with Gasteiger partial charge in [0.1, 0.15) is 17.9 Å². The van der Waals surface area contributed by atoms with E-state index < -0.39 is 15.8 Å². The summed E-state index contributed by atoms with van der Waals surface area (Å²) in [5.74, 6) is 1.59. The number of amides is 1. The fraction of sp³-hybridized carbons (Fsp3) is 0.621. The van der Waals surface area contributed by atoms with Gasteiger partial charge in [-0.1, -0.05) is 0 Å². The van der Waals surface area contributed by atoms with E-state index in [1.165, 1.54) is 30.8 Å². The number of hydrogen-bond acceptors (Lipinski definition) is 8. The molecule has 41 heavy (non-hydrogen) atoms. The number of halogens is 1. The Balaban J connectivity index is 1.33. The molecule has 1 saturated heterocycles. The van der Waals surface area contributed by atoms with Gasteiger partial charge in [-0.05, 0) is 77.6 Å². The Kier molecular flexibility index (Phi) is 10.2. The highest BCUT2D eigenvalue weighted by molar-refractivity contribution is 7.88. The van der Waals surface area contributed by atoms with Crippen molar-refractivity contribution in [2.45, 2.75) is 58.5 Å². The largest absolute Gasteiger partial charge is 0.451 e. The summed E-state index contributed by atoms with van der Waals surface area (Å²) in [6.07, 6.45) is 8.09. The topological polar surface area (TPSA) is 108 Å². The van der Waals surface area contributed by atoms with Crippen LogP contribution >= 0.6 is 0 Å². The third kappa shape index (κ3) is 8.36. The molecule has 0 radical (unpaired) electrons. The molecule has 12 heteroatoms. The van der Waals surface area contributed by atoms with E-state index >= 15 is 0 Å². The van der Waals surface area contributed by atoms with Crippen LogP contribution in [0.5, 0.6) is 11.5 Å². The van der Waals surface area contributed by atoms with Crippen molar-refractivity contribution in [2.24, 2.45) is 11.8 Å². The third-order valence-electron chi connectivity index (χ3n) is 7.90. The van der Waals surface area contributed by atoms with Crippen LogP contribution in [-0.2, 0) is 10.0 Å². The summed E-state index contributed by atoms with van der Waals surface area (Å²) in [4.78, 5) is 28.0. The molecular weight excluding hydrogens is 547 g/mol. The number of carbonyl (C=O) groups is 1. The van der Waals surface area contributed by atoms with Crippen molar-refractivity contribution in [1.82, 2.24) is 24.5 Å². The molecule has 0 atom stereocenters. The van der Waals surface area contributed by atoms with Gasteiger partial charge >= 0.3 is 0 Å². The SMILES string of the molecule is CCN(C(=O)c1cc(F)ccc1Oc1cncnc1N1CC(CN(C)CC2CCC(NS(C)(=O)=O)CC2)C1)C(C)C. The molecule has 1 saturated carbocycles. The van der Waals surface area contributed by atoms with Crippen LogP contribution in [0.3, 0.4) is 0 Å². The Morgan fingerprint density at radius 2 is 1.83 bits per heavy atom. The predicted octanol–water partition coefficient (Wildman–Crippen LogP) is 3.75. The molecule has 2 heterocycles. The molecule has 1 aromatic carbocycles. The van der Waals surface area contributed by atoms with Crippen molar-refractivity contribution in [1.29, 1.82) is 0 Å². The highest BCUT2D eigenvalue weighted by Crippen LogP contribution is 2.36. The number of nitrogens with one attached hydrogen (secondary N) is 1. The number of nitrogens with zero attached hydrogens (tertiary/aromatic N) is 5. The van der Waals surface area contributed by atoms with E-state index in [0.717, 1.165) is 51.9 Å². The highest BCUT2D eigenvalue weighted by atomic mass is 32.2. The lowest BCUT2D eigenvalue weighted by Crippen LogP contribution is -2.52. The molecule has 2 fully saturated rings. The number of ether oxygens (including phenoxy) is 1. The van der Waals surface area contributed by atoms with Gasteiger partial charge in [-0.25, -0.2) is 27.5 Å². The second kappa shape index (κ2) is 13.4. The maximum absolute atomic E-state index is 14.2. The molecule has 1 aromatic heterocycles. The van der Waals surface area contributed by atoms with Gasteiger partial charge in [0.15, 0.2) is 11.6 Å². The molecule has 0 bridgehead atoms. The zero-order chi connectivity index (χ0) is 29.7. The van der Waals surface area contributed by atoms with Crippen LogP contribution in [0.2, 0.25) is 0 Å². The Labute approximate surface area is 243 Å². The molecule has 0 spiro atoms. The van der Waals surface area contributed by atoms with Crippen molar-refractivity contribution < 1.29 is 22.3 Å². The van der Waals surface area contributed by atoms with E-state index in [1.807, 2.05) is 20.8 Å². The molecular formula is C29H43FN6O4S. The molecule has 4 rings (SSSR count). The maximum atomic E-state index is 14.2. The van der Waals surface area contributed by atoms with Gasteiger partial charge in [-0.2, -0.15) is 0 Å². The van der Waals surface area contributed by atoms with Crippen LogP contribution in [0.4, 0.5) is 10.2 Å². The first-order valence-electron chi connectivity index (χ1n) is 14.4. The van der Waals surface area contributed by atoms with E-state index in [9.17, 15) is 17.6 Å². The number of anilines is 1. The van der Waals surface area contributed by atoms with Crippen molar-refractivity contribution >= 4 is 21.7 Å². The molecule has 0 unspecified atom stereocenters. The number of benzene rings is 1. The lowest BCUT2D eigenvalue weighted by Gasteiger charge is -2.42. The first kappa shape index (κ1) is 31.1. The Morgan fingerprint density at radius 1 is 1.15 bits per heavy atom. The van der Waals surface area contributed by atoms with E-state index in [1.54, 1.807) is 11.1 Å². The van der Waals surface area contributed by atoms with E-state index in [-0.39, 0.29) is 29.3 Å². The summed E-state index contributed by atoms with van der Waals surface area (Å²) in [5, 5.41) is 0. The summed E-state index contributed by atoms with van der Waals surface area (Å²) in [6.45, 7) is 9.82. The molecule has 2 aliphatic rings. The fourth-order valence-electron chi connectivity index (χ4n) is 5.97. The monoisotopic (exact) mass is 590 g/mol. The van der Waals surface area contributed by atoms with Crippen LogP contribution in [-0.4, -0.2) is 92.2 Å². The maximum Gasteiger partial charge on any atom is 0.257 e. The molecule has 10 nitrogen and oxygen atoms in total. The minimum Gasteiger partial charge on any atom is -0.451 e. The average molecular weight is 591 g/mol. The van der Waals surface area contributed by atoms with Crippen molar-refractivity contribution in [3.63, 3.8) is 0 Å². The molecule has 1 amide bonds. The van der Waals surface area contributed by atoms with E-state index in [2.05, 4.69) is 31.5 Å². The second-order valence-electron chi connectivity index (χ2n) is 11.7. The zero-order valence-electron chi connectivity index (χ0n) is 24.7. The van der Waals surface area contributed by atoms with Crippen molar-refractivity contribution in [2.75, 3.05) is 50.9 Å². The summed E-state index contributed by atoms with van der Waals surface area (Å²) in [7, 11) is -1.01. The number of sulfonamides is 1. The normalized spacial score (nSPS) is 19.9. The Hall–Kier alpha value is -2.83. The van der Waals surface area contributed by atoms with Gasteiger partial charge in [0.05, 0.1) is 18.0 Å².